The van der Waals surface area contributed by atoms with Gasteiger partial charge in [-0.05, 0) is 25.0 Å². The van der Waals surface area contributed by atoms with Gasteiger partial charge in [0.05, 0.1) is 10.7 Å². The van der Waals surface area contributed by atoms with Gasteiger partial charge in [-0.2, -0.15) is 0 Å². The molecule has 1 aliphatic rings. The van der Waals surface area contributed by atoms with E-state index in [0.29, 0.717) is 40.1 Å². The third kappa shape index (κ3) is 5.46. The Balaban J connectivity index is 1.31. The Bertz CT molecular complexity index is 1620. The molecule has 0 radical (unpaired) electrons. The van der Waals surface area contributed by atoms with Crippen molar-refractivity contribution in [3.05, 3.63) is 69.4 Å². The van der Waals surface area contributed by atoms with Crippen molar-refractivity contribution in [1.29, 1.82) is 0 Å². The van der Waals surface area contributed by atoms with Crippen molar-refractivity contribution in [2.45, 2.75) is 51.0 Å². The molecule has 0 aliphatic carbocycles. The molecule has 0 bridgehead atoms. The van der Waals surface area contributed by atoms with Crippen LogP contribution in [0.3, 0.4) is 0 Å². The molecule has 5 rings (SSSR count). The van der Waals surface area contributed by atoms with E-state index in [1.807, 2.05) is 45.0 Å². The SMILES string of the molecule is CCc1nc2cc(C)c(Cl)cn2c1C(=O)NCc1ccc(-c2nc3n(n2)CC[N]([Sn](=[O])[C](F)(F)F)C3)c(C)c1. The molecule has 3 aromatic heterocycles. The number of nitrogens with zero attached hydrogens (tertiary/aromatic N) is 6. The van der Waals surface area contributed by atoms with E-state index in [1.54, 1.807) is 15.3 Å². The van der Waals surface area contributed by atoms with E-state index in [1.165, 1.54) is 0 Å². The number of fused-ring (bicyclic) bond motifs is 2. The Labute approximate surface area is 234 Å². The molecule has 1 amide bonds. The fourth-order valence-electron chi connectivity index (χ4n) is 4.65. The van der Waals surface area contributed by atoms with Gasteiger partial charge in [0.2, 0.25) is 0 Å². The fraction of sp³-hybridized carbons (Fsp3) is 0.360. The minimum absolute atomic E-state index is 0.0310. The molecule has 4 heterocycles. The monoisotopic (exact) mass is 667 g/mol. The number of amides is 1. The summed E-state index contributed by atoms with van der Waals surface area (Å²) in [7, 11) is 0. The molecular weight excluding hydrogens is 641 g/mol. The van der Waals surface area contributed by atoms with E-state index in [2.05, 4.69) is 20.4 Å². The number of carbonyl (C=O) groups is 1. The Hall–Kier alpha value is -2.84. The van der Waals surface area contributed by atoms with Gasteiger partial charge in [0.1, 0.15) is 11.3 Å². The van der Waals surface area contributed by atoms with E-state index in [0.717, 1.165) is 25.4 Å². The van der Waals surface area contributed by atoms with Crippen LogP contribution in [0.1, 0.15) is 45.6 Å². The van der Waals surface area contributed by atoms with Crippen LogP contribution in [0.25, 0.3) is 17.0 Å². The van der Waals surface area contributed by atoms with Gasteiger partial charge in [0, 0.05) is 6.20 Å². The van der Waals surface area contributed by atoms with Crippen LogP contribution in [0.5, 0.6) is 0 Å². The van der Waals surface area contributed by atoms with Crippen LogP contribution in [0, 0.1) is 13.8 Å². The van der Waals surface area contributed by atoms with E-state index in [4.69, 9.17) is 11.6 Å². The van der Waals surface area contributed by atoms with Crippen LogP contribution in [0.2, 0.25) is 5.02 Å². The molecule has 0 spiro atoms. The molecule has 0 unspecified atom stereocenters. The van der Waals surface area contributed by atoms with Gasteiger partial charge in [-0.3, -0.25) is 9.20 Å². The molecule has 1 N–H and O–H groups in total. The summed E-state index contributed by atoms with van der Waals surface area (Å²) < 4.78 is 50.4. The quantitative estimate of drug-likeness (QED) is 0.310. The average Bonchev–Trinajstić information content (AvgIpc) is 3.47. The van der Waals surface area contributed by atoms with Gasteiger partial charge in [0.25, 0.3) is 0 Å². The number of hydrogen-bond donors (Lipinski definition) is 1. The number of imidazole rings is 1. The number of alkyl halides is 3. The number of carbonyl (C=O) groups excluding carboxylic acids is 1. The topological polar surface area (TPSA) is 97.4 Å². The maximum atomic E-state index is 13.2. The number of benzene rings is 1. The van der Waals surface area contributed by atoms with Crippen LogP contribution >= 0.6 is 11.6 Å². The number of nitrogens with one attached hydrogen (secondary N) is 1. The van der Waals surface area contributed by atoms with Gasteiger partial charge in [0.15, 0.2) is 0 Å². The zero-order valence-corrected chi connectivity index (χ0v) is 25.0. The first-order chi connectivity index (χ1) is 18.5. The molecule has 1 aliphatic heterocycles. The second-order valence-corrected chi connectivity index (χ2v) is 15.0. The number of aromatic nitrogens is 5. The molecule has 0 saturated carbocycles. The van der Waals surface area contributed by atoms with Gasteiger partial charge in [-0.25, -0.2) is 4.98 Å². The molecule has 1 aromatic carbocycles. The third-order valence-electron chi connectivity index (χ3n) is 6.70. The predicted octanol–water partition coefficient (Wildman–Crippen LogP) is 4.19. The Morgan fingerprint density at radius 3 is 2.62 bits per heavy atom. The first kappa shape index (κ1) is 27.7. The van der Waals surface area contributed by atoms with Crippen molar-refractivity contribution in [3.63, 3.8) is 0 Å². The van der Waals surface area contributed by atoms with Gasteiger partial charge < -0.3 is 0 Å². The summed E-state index contributed by atoms with van der Waals surface area (Å²) in [4.78, 5) is 22.2. The molecular formula is C25H25ClF3N7O2Sn. The van der Waals surface area contributed by atoms with E-state index >= 15 is 0 Å². The van der Waals surface area contributed by atoms with Crippen molar-refractivity contribution < 1.29 is 21.0 Å². The van der Waals surface area contributed by atoms with Crippen LogP contribution in [0.4, 0.5) is 13.2 Å². The van der Waals surface area contributed by atoms with E-state index in [-0.39, 0.29) is 32.1 Å². The number of halogens is 4. The van der Waals surface area contributed by atoms with E-state index < -0.39 is 24.2 Å². The summed E-state index contributed by atoms with van der Waals surface area (Å²) >= 11 is 1.34. The first-order valence-corrected chi connectivity index (χ1v) is 16.6. The Kier molecular flexibility index (Phi) is 7.55. The van der Waals surface area contributed by atoms with Crippen molar-refractivity contribution in [3.8, 4) is 11.4 Å². The number of aryl methyl sites for hydroxylation is 3. The third-order valence-corrected chi connectivity index (χ3v) is 11.2. The van der Waals surface area contributed by atoms with Crippen molar-refractivity contribution >= 4 is 43.2 Å². The molecule has 14 heteroatoms. The van der Waals surface area contributed by atoms with Gasteiger partial charge in [-0.15, -0.1) is 0 Å². The first-order valence-electron chi connectivity index (χ1n) is 12.3. The van der Waals surface area contributed by atoms with Crippen LogP contribution < -0.4 is 5.32 Å². The van der Waals surface area contributed by atoms with Crippen molar-refractivity contribution in [1.82, 2.24) is 32.6 Å². The standard InChI is InChI=1S/C24H25ClN7O.CF3.O.Sn/c1-4-19-22(31-13-18(25)15(3)10-20(31)28-19)24(33)27-11-16-5-6-17(14(2)9-16)23-29-21-12-26-7-8-32(21)30-23;2-1(3)4;;/h5-6,9-10,13H,4,7-8,11-12H2,1-3H3,(H,27,33);;;/q-1;;;+1. The zero-order chi connectivity index (χ0) is 28.1. The summed E-state index contributed by atoms with van der Waals surface area (Å²) in [5, 5.41) is 7.96. The van der Waals surface area contributed by atoms with Crippen LogP contribution in [-0.4, -0.2) is 63.9 Å². The number of hydrogen-bond acceptors (Lipinski definition) is 5. The molecule has 204 valence electrons. The predicted molar refractivity (Wildman–Crippen MR) is 139 cm³/mol. The normalized spacial score (nSPS) is 14.0. The summed E-state index contributed by atoms with van der Waals surface area (Å²) in [5.41, 5.74) is 5.09. The van der Waals surface area contributed by atoms with Crippen LogP contribution in [0.15, 0.2) is 30.5 Å². The molecule has 9 nitrogen and oxygen atoms in total. The number of pyridine rings is 1. The molecule has 0 atom stereocenters. The zero-order valence-electron chi connectivity index (χ0n) is 21.4. The second kappa shape index (κ2) is 10.6. The summed E-state index contributed by atoms with van der Waals surface area (Å²) in [5.74, 6) is 0.489. The average molecular weight is 667 g/mol. The molecule has 4 aromatic rings. The summed E-state index contributed by atoms with van der Waals surface area (Å²) in [6.45, 7) is 6.06. The summed E-state index contributed by atoms with van der Waals surface area (Å²) in [6, 6.07) is 7.43. The van der Waals surface area contributed by atoms with Crippen molar-refractivity contribution in [2.75, 3.05) is 6.54 Å². The minimum atomic E-state index is -4.95. The van der Waals surface area contributed by atoms with Gasteiger partial charge in [-0.1, -0.05) is 18.5 Å². The Morgan fingerprint density at radius 1 is 1.15 bits per heavy atom. The molecule has 0 saturated heterocycles. The van der Waals surface area contributed by atoms with Crippen LogP contribution in [-0.2, 0) is 29.1 Å². The molecule has 39 heavy (non-hydrogen) atoms. The Morgan fingerprint density at radius 2 is 1.92 bits per heavy atom. The van der Waals surface area contributed by atoms with Gasteiger partial charge >= 0.3 is 149 Å². The second-order valence-electron chi connectivity index (χ2n) is 9.42. The van der Waals surface area contributed by atoms with E-state index in [9.17, 15) is 21.0 Å². The number of rotatable bonds is 6. The fourth-order valence-corrected chi connectivity index (χ4v) is 7.50. The summed E-state index contributed by atoms with van der Waals surface area (Å²) in [6.07, 6.45) is 2.29. The molecule has 0 fully saturated rings. The van der Waals surface area contributed by atoms with Crippen molar-refractivity contribution in [2.24, 2.45) is 0 Å². The maximum absolute atomic E-state index is 13.2.